The van der Waals surface area contributed by atoms with Crippen LogP contribution < -0.4 is 10.6 Å². The van der Waals surface area contributed by atoms with Crippen LogP contribution in [0.4, 0.5) is 11.8 Å². The average Bonchev–Trinajstić information content (AvgIpc) is 3.12. The molecule has 0 spiro atoms. The van der Waals surface area contributed by atoms with Crippen LogP contribution in [-0.2, 0) is 6.42 Å². The van der Waals surface area contributed by atoms with Gasteiger partial charge in [0.25, 0.3) is 0 Å². The first-order valence-corrected chi connectivity index (χ1v) is 8.42. The van der Waals surface area contributed by atoms with Crippen LogP contribution in [-0.4, -0.2) is 34.8 Å². The van der Waals surface area contributed by atoms with Gasteiger partial charge in [0.1, 0.15) is 10.6 Å². The quantitative estimate of drug-likeness (QED) is 0.792. The molecule has 5 nitrogen and oxygen atoms in total. The minimum absolute atomic E-state index is 0.245. The van der Waals surface area contributed by atoms with Crippen LogP contribution in [0.15, 0.2) is 6.07 Å². The highest BCUT2D eigenvalue weighted by Crippen LogP contribution is 2.33. The molecule has 0 bridgehead atoms. The molecule has 0 radical (unpaired) electrons. The van der Waals surface area contributed by atoms with Gasteiger partial charge in [-0.1, -0.05) is 13.3 Å². The zero-order valence-electron chi connectivity index (χ0n) is 12.5. The lowest BCUT2D eigenvalue weighted by Gasteiger charge is -2.20. The summed E-state index contributed by atoms with van der Waals surface area (Å²) >= 11 is 1.72. The van der Waals surface area contributed by atoms with Gasteiger partial charge in [0, 0.05) is 30.5 Å². The predicted molar refractivity (Wildman–Crippen MR) is 88.2 cm³/mol. The van der Waals surface area contributed by atoms with Crippen LogP contribution >= 0.6 is 11.3 Å². The number of nitrogens with zero attached hydrogens (tertiary/aromatic N) is 2. The molecule has 0 aliphatic heterocycles. The summed E-state index contributed by atoms with van der Waals surface area (Å²) in [6.07, 6.45) is 4.36. The van der Waals surface area contributed by atoms with Gasteiger partial charge in [-0.15, -0.1) is 11.3 Å². The normalized spacial score (nSPS) is 21.9. The highest BCUT2D eigenvalue weighted by molar-refractivity contribution is 7.18. The Bertz CT molecular complexity index is 627. The number of rotatable bonds is 5. The first-order valence-electron chi connectivity index (χ1n) is 7.60. The largest absolute Gasteiger partial charge is 0.396 e. The van der Waals surface area contributed by atoms with Gasteiger partial charge in [0.2, 0.25) is 5.95 Å². The third-order valence-corrected chi connectivity index (χ3v) is 5.40. The van der Waals surface area contributed by atoms with E-state index in [1.165, 1.54) is 11.3 Å². The molecule has 2 unspecified atom stereocenters. The molecule has 21 heavy (non-hydrogen) atoms. The Morgan fingerprint density at radius 2 is 2.24 bits per heavy atom. The lowest BCUT2D eigenvalue weighted by Crippen LogP contribution is -2.27. The molecule has 0 saturated heterocycles. The van der Waals surface area contributed by atoms with E-state index in [4.69, 9.17) is 0 Å². The molecule has 3 rings (SSSR count). The molecule has 0 aromatic carbocycles. The summed E-state index contributed by atoms with van der Waals surface area (Å²) in [5.41, 5.74) is 0. The van der Waals surface area contributed by atoms with E-state index >= 15 is 0 Å². The van der Waals surface area contributed by atoms with E-state index in [2.05, 4.69) is 33.6 Å². The molecule has 1 aliphatic rings. The van der Waals surface area contributed by atoms with Crippen LogP contribution in [0.25, 0.3) is 10.2 Å². The second-order valence-corrected chi connectivity index (χ2v) is 6.67. The maximum Gasteiger partial charge on any atom is 0.225 e. The Morgan fingerprint density at radius 3 is 2.95 bits per heavy atom. The van der Waals surface area contributed by atoms with E-state index in [9.17, 15) is 5.11 Å². The fourth-order valence-electron chi connectivity index (χ4n) is 2.99. The van der Waals surface area contributed by atoms with Crippen molar-refractivity contribution in [3.05, 3.63) is 10.9 Å². The molecule has 1 saturated carbocycles. The van der Waals surface area contributed by atoms with Gasteiger partial charge < -0.3 is 15.7 Å². The minimum atomic E-state index is 0.245. The van der Waals surface area contributed by atoms with Crippen LogP contribution in [0.3, 0.4) is 0 Å². The van der Waals surface area contributed by atoms with E-state index in [-0.39, 0.29) is 6.61 Å². The van der Waals surface area contributed by atoms with E-state index < -0.39 is 0 Å². The maximum absolute atomic E-state index is 9.49. The topological polar surface area (TPSA) is 70.1 Å². The van der Waals surface area contributed by atoms with Crippen molar-refractivity contribution in [2.75, 3.05) is 24.3 Å². The summed E-state index contributed by atoms with van der Waals surface area (Å²) < 4.78 is 0. The molecule has 0 amide bonds. The number of aliphatic hydroxyl groups excluding tert-OH is 1. The average molecular weight is 306 g/mol. The van der Waals surface area contributed by atoms with Crippen molar-refractivity contribution in [3.63, 3.8) is 0 Å². The molecule has 1 aliphatic carbocycles. The second kappa shape index (κ2) is 6.15. The highest BCUT2D eigenvalue weighted by atomic mass is 32.1. The molecular weight excluding hydrogens is 284 g/mol. The smallest absolute Gasteiger partial charge is 0.225 e. The number of nitrogens with one attached hydrogen (secondary N) is 2. The Balaban J connectivity index is 1.97. The number of hydrogen-bond donors (Lipinski definition) is 3. The van der Waals surface area contributed by atoms with E-state index in [1.54, 1.807) is 11.3 Å². The van der Waals surface area contributed by atoms with Crippen LogP contribution in [0.2, 0.25) is 0 Å². The number of aryl methyl sites for hydroxylation is 1. The number of aliphatic hydroxyl groups is 1. The standard InChI is InChI=1S/C15H22N4OS/c1-3-10-7-11-13(17-12-6-4-5-9(12)8-20)18-15(16-2)19-14(11)21-10/h7,9,12,20H,3-6,8H2,1-2H3,(H2,16,17,18,19). The minimum Gasteiger partial charge on any atom is -0.396 e. The molecule has 1 fully saturated rings. The summed E-state index contributed by atoms with van der Waals surface area (Å²) in [6, 6.07) is 2.49. The van der Waals surface area contributed by atoms with Gasteiger partial charge in [0.15, 0.2) is 0 Å². The van der Waals surface area contributed by atoms with Crippen molar-refractivity contribution in [2.24, 2.45) is 5.92 Å². The lowest BCUT2D eigenvalue weighted by atomic mass is 10.1. The molecular formula is C15H22N4OS. The molecule has 2 aromatic rings. The summed E-state index contributed by atoms with van der Waals surface area (Å²) in [5, 5.41) is 17.2. The van der Waals surface area contributed by atoms with Gasteiger partial charge in [-0.2, -0.15) is 4.98 Å². The molecule has 6 heteroatoms. The molecule has 2 atom stereocenters. The number of anilines is 2. The van der Waals surface area contributed by atoms with E-state index in [0.29, 0.717) is 17.9 Å². The van der Waals surface area contributed by atoms with Crippen molar-refractivity contribution >= 4 is 33.3 Å². The number of aromatic nitrogens is 2. The van der Waals surface area contributed by atoms with Crippen molar-refractivity contribution in [3.8, 4) is 0 Å². The maximum atomic E-state index is 9.49. The highest BCUT2D eigenvalue weighted by Gasteiger charge is 2.27. The number of fused-ring (bicyclic) bond motifs is 1. The Hall–Kier alpha value is -1.40. The Kier molecular flexibility index (Phi) is 4.26. The monoisotopic (exact) mass is 306 g/mol. The van der Waals surface area contributed by atoms with Gasteiger partial charge in [0.05, 0.1) is 5.39 Å². The molecule has 2 aromatic heterocycles. The van der Waals surface area contributed by atoms with Gasteiger partial charge in [-0.25, -0.2) is 4.98 Å². The zero-order valence-corrected chi connectivity index (χ0v) is 13.3. The lowest BCUT2D eigenvalue weighted by molar-refractivity contribution is 0.222. The Labute approximate surface area is 128 Å². The third kappa shape index (κ3) is 2.82. The Morgan fingerprint density at radius 1 is 1.38 bits per heavy atom. The van der Waals surface area contributed by atoms with Gasteiger partial charge >= 0.3 is 0 Å². The third-order valence-electron chi connectivity index (χ3n) is 4.23. The van der Waals surface area contributed by atoms with Crippen LogP contribution in [0, 0.1) is 5.92 Å². The second-order valence-electron chi connectivity index (χ2n) is 5.56. The molecule has 114 valence electrons. The van der Waals surface area contributed by atoms with E-state index in [0.717, 1.165) is 35.3 Å². The van der Waals surface area contributed by atoms with Gasteiger partial charge in [-0.3, -0.25) is 0 Å². The number of hydrogen-bond acceptors (Lipinski definition) is 6. The first kappa shape index (κ1) is 14.5. The number of thiophene rings is 1. The van der Waals surface area contributed by atoms with Crippen LogP contribution in [0.1, 0.15) is 31.1 Å². The SMILES string of the molecule is CCc1cc2c(NC3CCCC3CO)nc(NC)nc2s1. The van der Waals surface area contributed by atoms with Crippen molar-refractivity contribution in [2.45, 2.75) is 38.6 Å². The summed E-state index contributed by atoms with van der Waals surface area (Å²) in [7, 11) is 1.84. The summed E-state index contributed by atoms with van der Waals surface area (Å²) in [5.74, 6) is 1.87. The van der Waals surface area contributed by atoms with Crippen molar-refractivity contribution in [1.82, 2.24) is 9.97 Å². The predicted octanol–water partition coefficient (Wildman–Crippen LogP) is 2.87. The fourth-order valence-corrected chi connectivity index (χ4v) is 3.96. The van der Waals surface area contributed by atoms with Crippen molar-refractivity contribution < 1.29 is 5.11 Å². The fraction of sp³-hybridized carbons (Fsp3) is 0.600. The van der Waals surface area contributed by atoms with Crippen LogP contribution in [0.5, 0.6) is 0 Å². The zero-order chi connectivity index (χ0) is 14.8. The summed E-state index contributed by atoms with van der Waals surface area (Å²) in [6.45, 7) is 2.40. The first-order chi connectivity index (χ1) is 10.2. The van der Waals surface area contributed by atoms with Gasteiger partial charge in [-0.05, 0) is 25.3 Å². The molecule has 3 N–H and O–H groups in total. The van der Waals surface area contributed by atoms with E-state index in [1.807, 2.05) is 7.05 Å². The molecule has 2 heterocycles. The van der Waals surface area contributed by atoms with Crippen molar-refractivity contribution in [1.29, 1.82) is 0 Å². The summed E-state index contributed by atoms with van der Waals surface area (Å²) in [4.78, 5) is 11.5.